The summed E-state index contributed by atoms with van der Waals surface area (Å²) in [5.74, 6) is -1.22. The normalized spacial score (nSPS) is 17.2. The van der Waals surface area contributed by atoms with E-state index in [-0.39, 0.29) is 17.1 Å². The number of nitrogens with zero attached hydrogens (tertiary/aromatic N) is 1. The van der Waals surface area contributed by atoms with Crippen molar-refractivity contribution in [3.8, 4) is 0 Å². The van der Waals surface area contributed by atoms with E-state index in [0.29, 0.717) is 12.5 Å². The van der Waals surface area contributed by atoms with Crippen LogP contribution in [0.15, 0.2) is 6.07 Å². The zero-order chi connectivity index (χ0) is 12.6. The smallest absolute Gasteiger partial charge is 0.168 e. The molecule has 2 rings (SSSR count). The molecular weight excluding hydrogens is 224 g/mol. The molecule has 1 heterocycles. The van der Waals surface area contributed by atoms with Crippen LogP contribution in [0.1, 0.15) is 26.7 Å². The van der Waals surface area contributed by atoms with Crippen LogP contribution >= 0.6 is 0 Å². The lowest BCUT2D eigenvalue weighted by molar-refractivity contribution is 0.379. The van der Waals surface area contributed by atoms with Gasteiger partial charge in [0.1, 0.15) is 0 Å². The predicted molar refractivity (Wildman–Crippen MR) is 63.6 cm³/mol. The number of nitrogens with two attached hydrogens (primary N) is 1. The molecule has 17 heavy (non-hydrogen) atoms. The molecule has 3 nitrogen and oxygen atoms in total. The van der Waals surface area contributed by atoms with Gasteiger partial charge in [0, 0.05) is 12.6 Å². The third-order valence-corrected chi connectivity index (χ3v) is 3.68. The van der Waals surface area contributed by atoms with Gasteiger partial charge in [-0.3, -0.25) is 0 Å². The van der Waals surface area contributed by atoms with Crippen molar-refractivity contribution in [1.29, 1.82) is 0 Å². The Hall–Kier alpha value is -1.39. The van der Waals surface area contributed by atoms with Crippen molar-refractivity contribution in [2.45, 2.75) is 26.7 Å². The molecule has 0 unspecified atom stereocenters. The van der Waals surface area contributed by atoms with Gasteiger partial charge in [0.25, 0.3) is 0 Å². The van der Waals surface area contributed by atoms with E-state index in [0.717, 1.165) is 18.9 Å². The summed E-state index contributed by atoms with van der Waals surface area (Å²) >= 11 is 0. The molecule has 0 radical (unpaired) electrons. The minimum absolute atomic E-state index is 0.0378. The zero-order valence-electron chi connectivity index (χ0n) is 10.1. The second-order valence-corrected chi connectivity index (χ2v) is 5.06. The molecule has 0 bridgehead atoms. The second-order valence-electron chi connectivity index (χ2n) is 5.06. The van der Waals surface area contributed by atoms with Gasteiger partial charge in [0.15, 0.2) is 23.3 Å². The maximum absolute atomic E-state index is 13.4. The highest BCUT2D eigenvalue weighted by molar-refractivity contribution is 5.45. The minimum atomic E-state index is -0.821. The fourth-order valence-corrected chi connectivity index (χ4v) is 1.98. The lowest BCUT2D eigenvalue weighted by atomic mass is 9.92. The third-order valence-electron chi connectivity index (χ3n) is 3.68. The second kappa shape index (κ2) is 4.13. The molecule has 1 aromatic rings. The standard InChI is InChI=1S/C12H17F2N3/c1-7(2)12(3-4-12)6-16-11-9(14)5-8(13)10(15)17-11/h5,7H,3-4,6H2,1-2H3,(H3,15,16,17). The first-order valence-corrected chi connectivity index (χ1v) is 5.80. The molecule has 1 aliphatic carbocycles. The number of aromatic nitrogens is 1. The Kier molecular flexibility index (Phi) is 2.93. The first-order valence-electron chi connectivity index (χ1n) is 5.80. The molecule has 0 spiro atoms. The Morgan fingerprint density at radius 1 is 1.41 bits per heavy atom. The van der Waals surface area contributed by atoms with Crippen molar-refractivity contribution in [2.24, 2.45) is 11.3 Å². The van der Waals surface area contributed by atoms with Gasteiger partial charge in [0.05, 0.1) is 0 Å². The van der Waals surface area contributed by atoms with Crippen LogP contribution in [0.4, 0.5) is 20.4 Å². The lowest BCUT2D eigenvalue weighted by Gasteiger charge is -2.20. The summed E-state index contributed by atoms with van der Waals surface area (Å²) in [5.41, 5.74) is 5.54. The number of anilines is 2. The van der Waals surface area contributed by atoms with E-state index < -0.39 is 11.6 Å². The average Bonchev–Trinajstić information content (AvgIpc) is 3.02. The Balaban J connectivity index is 2.07. The molecule has 0 saturated heterocycles. The van der Waals surface area contributed by atoms with Crippen LogP contribution in [-0.2, 0) is 0 Å². The van der Waals surface area contributed by atoms with Crippen LogP contribution in [-0.4, -0.2) is 11.5 Å². The largest absolute Gasteiger partial charge is 0.381 e. The Morgan fingerprint density at radius 2 is 2.06 bits per heavy atom. The summed E-state index contributed by atoms with van der Waals surface area (Å²) in [4.78, 5) is 3.68. The van der Waals surface area contributed by atoms with E-state index >= 15 is 0 Å². The summed E-state index contributed by atoms with van der Waals surface area (Å²) in [6.45, 7) is 4.95. The molecule has 0 aromatic carbocycles. The van der Waals surface area contributed by atoms with Crippen LogP contribution in [0.5, 0.6) is 0 Å². The lowest BCUT2D eigenvalue weighted by Crippen LogP contribution is -2.22. The van der Waals surface area contributed by atoms with Gasteiger partial charge in [-0.2, -0.15) is 0 Å². The summed E-state index contributed by atoms with van der Waals surface area (Å²) in [6.07, 6.45) is 2.27. The third kappa shape index (κ3) is 2.33. The van der Waals surface area contributed by atoms with E-state index in [2.05, 4.69) is 24.1 Å². The van der Waals surface area contributed by atoms with Crippen molar-refractivity contribution in [2.75, 3.05) is 17.6 Å². The first-order chi connectivity index (χ1) is 7.94. The molecular formula is C12H17F2N3. The van der Waals surface area contributed by atoms with Gasteiger partial charge < -0.3 is 11.1 Å². The Morgan fingerprint density at radius 3 is 2.59 bits per heavy atom. The molecule has 1 saturated carbocycles. The summed E-state index contributed by atoms with van der Waals surface area (Å²) in [7, 11) is 0. The number of hydrogen-bond donors (Lipinski definition) is 2. The first kappa shape index (κ1) is 12.1. The highest BCUT2D eigenvalue weighted by Crippen LogP contribution is 2.51. The SMILES string of the molecule is CC(C)C1(CNc2nc(N)c(F)cc2F)CC1. The molecule has 5 heteroatoms. The van der Waals surface area contributed by atoms with Gasteiger partial charge in [-0.1, -0.05) is 13.8 Å². The molecule has 0 amide bonds. The average molecular weight is 241 g/mol. The maximum Gasteiger partial charge on any atom is 0.168 e. The van der Waals surface area contributed by atoms with Crippen LogP contribution in [0.25, 0.3) is 0 Å². The highest BCUT2D eigenvalue weighted by atomic mass is 19.1. The van der Waals surface area contributed by atoms with E-state index in [9.17, 15) is 8.78 Å². The van der Waals surface area contributed by atoms with Crippen molar-refractivity contribution >= 4 is 11.6 Å². The van der Waals surface area contributed by atoms with E-state index in [4.69, 9.17) is 5.73 Å². The van der Waals surface area contributed by atoms with Crippen LogP contribution < -0.4 is 11.1 Å². The zero-order valence-corrected chi connectivity index (χ0v) is 10.1. The van der Waals surface area contributed by atoms with Crippen molar-refractivity contribution < 1.29 is 8.78 Å². The van der Waals surface area contributed by atoms with Gasteiger partial charge in [-0.15, -0.1) is 0 Å². The monoisotopic (exact) mass is 241 g/mol. The topological polar surface area (TPSA) is 50.9 Å². The molecule has 0 atom stereocenters. The molecule has 1 fully saturated rings. The van der Waals surface area contributed by atoms with Crippen LogP contribution in [0, 0.1) is 23.0 Å². The Bertz CT molecular complexity index is 428. The van der Waals surface area contributed by atoms with Crippen LogP contribution in [0.3, 0.4) is 0 Å². The fourth-order valence-electron chi connectivity index (χ4n) is 1.98. The van der Waals surface area contributed by atoms with Crippen molar-refractivity contribution in [3.05, 3.63) is 17.7 Å². The summed E-state index contributed by atoms with van der Waals surface area (Å²) in [6, 6.07) is 0.764. The number of nitrogens with one attached hydrogen (secondary N) is 1. The highest BCUT2D eigenvalue weighted by Gasteiger charge is 2.45. The molecule has 0 aliphatic heterocycles. The molecule has 1 aromatic heterocycles. The molecule has 3 N–H and O–H groups in total. The van der Waals surface area contributed by atoms with Gasteiger partial charge >= 0.3 is 0 Å². The number of nitrogen functional groups attached to an aromatic ring is 1. The molecule has 94 valence electrons. The summed E-state index contributed by atoms with van der Waals surface area (Å²) < 4.78 is 26.3. The van der Waals surface area contributed by atoms with Crippen LogP contribution in [0.2, 0.25) is 0 Å². The number of hydrogen-bond acceptors (Lipinski definition) is 3. The van der Waals surface area contributed by atoms with Gasteiger partial charge in [-0.05, 0) is 24.2 Å². The minimum Gasteiger partial charge on any atom is -0.381 e. The van der Waals surface area contributed by atoms with Crippen molar-refractivity contribution in [3.63, 3.8) is 0 Å². The van der Waals surface area contributed by atoms with E-state index in [1.54, 1.807) is 0 Å². The number of pyridine rings is 1. The summed E-state index contributed by atoms with van der Waals surface area (Å²) in [5, 5.41) is 2.93. The van der Waals surface area contributed by atoms with Gasteiger partial charge in [-0.25, -0.2) is 13.8 Å². The van der Waals surface area contributed by atoms with Crippen molar-refractivity contribution in [1.82, 2.24) is 4.98 Å². The number of halogens is 2. The maximum atomic E-state index is 13.4. The van der Waals surface area contributed by atoms with E-state index in [1.165, 1.54) is 0 Å². The van der Waals surface area contributed by atoms with Gasteiger partial charge in [0.2, 0.25) is 0 Å². The number of rotatable bonds is 4. The van der Waals surface area contributed by atoms with E-state index in [1.807, 2.05) is 0 Å². The molecule has 1 aliphatic rings. The quantitative estimate of drug-likeness (QED) is 0.852. The fraction of sp³-hybridized carbons (Fsp3) is 0.583. The Labute approximate surface area is 99.4 Å². The predicted octanol–water partition coefficient (Wildman–Crippen LogP) is 2.79.